The van der Waals surface area contributed by atoms with Crippen molar-refractivity contribution in [2.75, 3.05) is 19.6 Å². The summed E-state index contributed by atoms with van der Waals surface area (Å²) in [4.78, 5) is 25.2. The molecule has 1 aromatic carbocycles. The van der Waals surface area contributed by atoms with Crippen molar-refractivity contribution in [3.8, 4) is 0 Å². The number of hydrogen-bond acceptors (Lipinski definition) is 2. The van der Waals surface area contributed by atoms with Crippen molar-refractivity contribution in [2.24, 2.45) is 5.92 Å². The minimum absolute atomic E-state index is 0.00962. The first-order valence-electron chi connectivity index (χ1n) is 7.59. The van der Waals surface area contributed by atoms with Crippen LogP contribution in [0.25, 0.3) is 0 Å². The summed E-state index contributed by atoms with van der Waals surface area (Å²) >= 11 is 0. The van der Waals surface area contributed by atoms with Crippen LogP contribution in [0.15, 0.2) is 24.3 Å². The number of benzene rings is 1. The molecule has 120 valence electrons. The van der Waals surface area contributed by atoms with Gasteiger partial charge in [-0.1, -0.05) is 26.0 Å². The lowest BCUT2D eigenvalue weighted by molar-refractivity contribution is -0.128. The van der Waals surface area contributed by atoms with E-state index in [0.717, 1.165) is 5.56 Å². The molecule has 4 nitrogen and oxygen atoms in total. The van der Waals surface area contributed by atoms with Crippen LogP contribution in [0.1, 0.15) is 32.8 Å². The van der Waals surface area contributed by atoms with E-state index in [1.807, 2.05) is 19.9 Å². The van der Waals surface area contributed by atoms with Crippen LogP contribution < -0.4 is 5.32 Å². The van der Waals surface area contributed by atoms with Crippen LogP contribution in [0.4, 0.5) is 4.39 Å². The second-order valence-electron chi connectivity index (χ2n) is 6.56. The number of carbonyl (C=O) groups excluding carboxylic acids is 2. The first-order valence-corrected chi connectivity index (χ1v) is 7.59. The molecular formula is C17H23FN2O2. The average Bonchev–Trinajstić information content (AvgIpc) is 2.95. The van der Waals surface area contributed by atoms with Crippen LogP contribution in [-0.2, 0) is 15.0 Å². The zero-order valence-electron chi connectivity index (χ0n) is 13.4. The largest absolute Gasteiger partial charge is 0.355 e. The van der Waals surface area contributed by atoms with Gasteiger partial charge in [-0.3, -0.25) is 9.59 Å². The third kappa shape index (κ3) is 3.84. The number of nitrogens with zero attached hydrogens (tertiary/aromatic N) is 1. The molecule has 1 aliphatic rings. The average molecular weight is 306 g/mol. The highest BCUT2D eigenvalue weighted by molar-refractivity contribution is 5.81. The summed E-state index contributed by atoms with van der Waals surface area (Å²) in [7, 11) is 0. The summed E-state index contributed by atoms with van der Waals surface area (Å²) in [6.45, 7) is 7.03. The molecule has 22 heavy (non-hydrogen) atoms. The maximum absolute atomic E-state index is 13.3. The molecular weight excluding hydrogens is 283 g/mol. The lowest BCUT2D eigenvalue weighted by Gasteiger charge is -2.26. The first-order chi connectivity index (χ1) is 10.3. The van der Waals surface area contributed by atoms with E-state index >= 15 is 0 Å². The molecule has 0 aliphatic carbocycles. The molecule has 0 radical (unpaired) electrons. The zero-order chi connectivity index (χ0) is 16.3. The number of likely N-dealkylation sites (tertiary alicyclic amines) is 1. The van der Waals surface area contributed by atoms with Crippen LogP contribution in [0, 0.1) is 11.7 Å². The van der Waals surface area contributed by atoms with E-state index in [1.54, 1.807) is 11.0 Å². The van der Waals surface area contributed by atoms with E-state index in [0.29, 0.717) is 26.1 Å². The monoisotopic (exact) mass is 306 g/mol. The van der Waals surface area contributed by atoms with Crippen LogP contribution in [0.2, 0.25) is 0 Å². The Morgan fingerprint density at radius 2 is 2.14 bits per heavy atom. The molecule has 0 unspecified atom stereocenters. The van der Waals surface area contributed by atoms with Crippen LogP contribution >= 0.6 is 0 Å². The quantitative estimate of drug-likeness (QED) is 0.926. The van der Waals surface area contributed by atoms with Gasteiger partial charge >= 0.3 is 0 Å². The Bertz CT molecular complexity index is 572. The summed E-state index contributed by atoms with van der Waals surface area (Å²) in [6, 6.07) is 6.45. The highest BCUT2D eigenvalue weighted by Crippen LogP contribution is 2.23. The SMILES string of the molecule is CC(=O)N1CC[C@H](C(=O)NCC(C)(C)c2cccc(F)c2)C1. The van der Waals surface area contributed by atoms with Gasteiger partial charge in [0.25, 0.3) is 0 Å². The maximum atomic E-state index is 13.3. The summed E-state index contributed by atoms with van der Waals surface area (Å²) in [5.41, 5.74) is 0.501. The van der Waals surface area contributed by atoms with Crippen LogP contribution in [0.5, 0.6) is 0 Å². The number of hydrogen-bond donors (Lipinski definition) is 1. The Hall–Kier alpha value is -1.91. The van der Waals surface area contributed by atoms with Gasteiger partial charge in [0.1, 0.15) is 5.82 Å². The molecule has 1 heterocycles. The summed E-state index contributed by atoms with van der Waals surface area (Å²) < 4.78 is 13.3. The third-order valence-electron chi connectivity index (χ3n) is 4.32. The lowest BCUT2D eigenvalue weighted by atomic mass is 9.84. The number of rotatable bonds is 4. The molecule has 1 saturated heterocycles. The van der Waals surface area contributed by atoms with Gasteiger partial charge in [-0.2, -0.15) is 0 Å². The van der Waals surface area contributed by atoms with Gasteiger partial charge in [0, 0.05) is 32.0 Å². The molecule has 0 spiro atoms. The van der Waals surface area contributed by atoms with Crippen LogP contribution in [-0.4, -0.2) is 36.3 Å². The number of nitrogens with one attached hydrogen (secondary N) is 1. The van der Waals surface area contributed by atoms with Crippen LogP contribution in [0.3, 0.4) is 0 Å². The third-order valence-corrected chi connectivity index (χ3v) is 4.32. The highest BCUT2D eigenvalue weighted by Gasteiger charge is 2.30. The highest BCUT2D eigenvalue weighted by atomic mass is 19.1. The van der Waals surface area contributed by atoms with Crippen molar-refractivity contribution in [1.82, 2.24) is 10.2 Å². The van der Waals surface area contributed by atoms with Gasteiger partial charge in [-0.15, -0.1) is 0 Å². The van der Waals surface area contributed by atoms with E-state index in [4.69, 9.17) is 0 Å². The fraction of sp³-hybridized carbons (Fsp3) is 0.529. The molecule has 0 saturated carbocycles. The van der Waals surface area contributed by atoms with Gasteiger partial charge in [0.05, 0.1) is 5.92 Å². The topological polar surface area (TPSA) is 49.4 Å². The van der Waals surface area contributed by atoms with Crippen molar-refractivity contribution < 1.29 is 14.0 Å². The standard InChI is InChI=1S/C17H23FN2O2/c1-12(21)20-8-7-13(10-20)16(22)19-11-17(2,3)14-5-4-6-15(18)9-14/h4-6,9,13H,7-8,10-11H2,1-3H3,(H,19,22)/t13-/m0/s1. The second kappa shape index (κ2) is 6.46. The molecule has 2 amide bonds. The molecule has 1 aromatic rings. The fourth-order valence-corrected chi connectivity index (χ4v) is 2.72. The van der Waals surface area contributed by atoms with Gasteiger partial charge < -0.3 is 10.2 Å². The molecule has 1 aliphatic heterocycles. The Balaban J connectivity index is 1.92. The first kappa shape index (κ1) is 16.5. The van der Waals surface area contributed by atoms with Gasteiger partial charge in [0.2, 0.25) is 11.8 Å². The maximum Gasteiger partial charge on any atom is 0.224 e. The lowest BCUT2D eigenvalue weighted by Crippen LogP contribution is -2.40. The summed E-state index contributed by atoms with van der Waals surface area (Å²) in [6.07, 6.45) is 0.700. The number of amides is 2. The number of halogens is 1. The summed E-state index contributed by atoms with van der Waals surface area (Å²) in [5.74, 6) is -0.444. The molecule has 2 rings (SSSR count). The van der Waals surface area contributed by atoms with Crippen molar-refractivity contribution in [3.63, 3.8) is 0 Å². The van der Waals surface area contributed by atoms with E-state index in [9.17, 15) is 14.0 Å². The molecule has 0 bridgehead atoms. The summed E-state index contributed by atoms with van der Waals surface area (Å²) in [5, 5.41) is 2.94. The van der Waals surface area contributed by atoms with E-state index in [-0.39, 0.29) is 29.0 Å². The van der Waals surface area contributed by atoms with Crippen molar-refractivity contribution >= 4 is 11.8 Å². The Morgan fingerprint density at radius 3 is 2.73 bits per heavy atom. The van der Waals surface area contributed by atoms with E-state index in [1.165, 1.54) is 19.1 Å². The van der Waals surface area contributed by atoms with Crippen molar-refractivity contribution in [2.45, 2.75) is 32.6 Å². The minimum atomic E-state index is -0.351. The van der Waals surface area contributed by atoms with Crippen molar-refractivity contribution in [3.05, 3.63) is 35.6 Å². The predicted octanol–water partition coefficient (Wildman–Crippen LogP) is 2.09. The Labute approximate surface area is 130 Å². The van der Waals surface area contributed by atoms with Gasteiger partial charge in [-0.05, 0) is 24.1 Å². The van der Waals surface area contributed by atoms with E-state index in [2.05, 4.69) is 5.32 Å². The van der Waals surface area contributed by atoms with Gasteiger partial charge in [0.15, 0.2) is 0 Å². The smallest absolute Gasteiger partial charge is 0.224 e. The Kier molecular flexibility index (Phi) is 4.84. The molecule has 1 N–H and O–H groups in total. The normalized spacial score (nSPS) is 18.4. The Morgan fingerprint density at radius 1 is 1.41 bits per heavy atom. The molecule has 1 atom stereocenters. The fourth-order valence-electron chi connectivity index (χ4n) is 2.72. The molecule has 1 fully saturated rings. The van der Waals surface area contributed by atoms with E-state index < -0.39 is 0 Å². The molecule has 5 heteroatoms. The zero-order valence-corrected chi connectivity index (χ0v) is 13.4. The van der Waals surface area contributed by atoms with Crippen molar-refractivity contribution in [1.29, 1.82) is 0 Å². The number of carbonyl (C=O) groups is 2. The minimum Gasteiger partial charge on any atom is -0.355 e. The van der Waals surface area contributed by atoms with Gasteiger partial charge in [-0.25, -0.2) is 4.39 Å². The molecule has 0 aromatic heterocycles. The predicted molar refractivity (Wildman–Crippen MR) is 82.8 cm³/mol. The second-order valence-corrected chi connectivity index (χ2v) is 6.56.